The van der Waals surface area contributed by atoms with Crippen molar-refractivity contribution in [3.63, 3.8) is 0 Å². The van der Waals surface area contributed by atoms with Crippen LogP contribution in [0.4, 0.5) is 4.39 Å². The Hall–Kier alpha value is -0.110. The molecular formula is C6H12FN. The van der Waals surface area contributed by atoms with Crippen LogP contribution >= 0.6 is 0 Å². The summed E-state index contributed by atoms with van der Waals surface area (Å²) in [6.45, 7) is 4.98. The highest BCUT2D eigenvalue weighted by Gasteiger charge is 2.28. The standard InChI is InChI=1S/C6H12FN/c1-5(2)8-4-3-6(8)7/h5-6H,3-4H2,1-2H3/t6-/m1/s1. The highest BCUT2D eigenvalue weighted by Crippen LogP contribution is 2.20. The molecule has 2 heteroatoms. The molecule has 1 saturated heterocycles. The molecule has 0 spiro atoms. The molecule has 0 radical (unpaired) electrons. The second-order valence-electron chi connectivity index (χ2n) is 2.55. The summed E-state index contributed by atoms with van der Waals surface area (Å²) in [5.41, 5.74) is 0. The van der Waals surface area contributed by atoms with E-state index in [1.54, 1.807) is 0 Å². The van der Waals surface area contributed by atoms with Crippen LogP contribution in [0.25, 0.3) is 0 Å². The van der Waals surface area contributed by atoms with Crippen molar-refractivity contribution >= 4 is 0 Å². The molecule has 1 fully saturated rings. The van der Waals surface area contributed by atoms with E-state index in [0.29, 0.717) is 6.04 Å². The lowest BCUT2D eigenvalue weighted by molar-refractivity contribution is -0.0324. The van der Waals surface area contributed by atoms with Crippen molar-refractivity contribution in [3.8, 4) is 0 Å². The Morgan fingerprint density at radius 1 is 1.62 bits per heavy atom. The smallest absolute Gasteiger partial charge is 0.155 e. The molecule has 0 saturated carbocycles. The first-order chi connectivity index (χ1) is 3.72. The van der Waals surface area contributed by atoms with E-state index < -0.39 is 6.30 Å². The van der Waals surface area contributed by atoms with Crippen molar-refractivity contribution in [2.24, 2.45) is 0 Å². The Kier molecular flexibility index (Phi) is 1.52. The van der Waals surface area contributed by atoms with Gasteiger partial charge in [-0.05, 0) is 13.8 Å². The Balaban J connectivity index is 2.26. The van der Waals surface area contributed by atoms with Crippen LogP contribution in [-0.2, 0) is 0 Å². The molecule has 0 N–H and O–H groups in total. The summed E-state index contributed by atoms with van der Waals surface area (Å²) in [7, 11) is 0. The van der Waals surface area contributed by atoms with E-state index in [2.05, 4.69) is 0 Å². The van der Waals surface area contributed by atoms with E-state index in [-0.39, 0.29) is 0 Å². The zero-order valence-electron chi connectivity index (χ0n) is 5.39. The Morgan fingerprint density at radius 3 is 2.25 bits per heavy atom. The van der Waals surface area contributed by atoms with Crippen LogP contribution in [0.15, 0.2) is 0 Å². The molecule has 0 unspecified atom stereocenters. The average Bonchev–Trinajstić information content (AvgIpc) is 1.61. The van der Waals surface area contributed by atoms with Gasteiger partial charge in [-0.1, -0.05) is 0 Å². The normalized spacial score (nSPS) is 30.8. The van der Waals surface area contributed by atoms with Gasteiger partial charge in [0.2, 0.25) is 0 Å². The van der Waals surface area contributed by atoms with Gasteiger partial charge in [0.25, 0.3) is 0 Å². The molecule has 0 aromatic carbocycles. The summed E-state index contributed by atoms with van der Waals surface area (Å²) in [5.74, 6) is 0. The third kappa shape index (κ3) is 0.848. The van der Waals surface area contributed by atoms with Crippen molar-refractivity contribution < 1.29 is 4.39 Å². The van der Waals surface area contributed by atoms with Crippen molar-refractivity contribution in [2.45, 2.75) is 32.6 Å². The summed E-state index contributed by atoms with van der Waals surface area (Å²) in [6, 6.07) is 0.388. The van der Waals surface area contributed by atoms with Crippen LogP contribution in [0.2, 0.25) is 0 Å². The number of halogens is 1. The van der Waals surface area contributed by atoms with E-state index >= 15 is 0 Å². The number of alkyl halides is 1. The lowest BCUT2D eigenvalue weighted by atomic mass is 10.1. The molecule has 0 amide bonds. The van der Waals surface area contributed by atoms with Crippen LogP contribution < -0.4 is 0 Å². The largest absolute Gasteiger partial charge is 0.271 e. The summed E-state index contributed by atoms with van der Waals surface area (Å²) in [6.07, 6.45) is 0.0908. The van der Waals surface area contributed by atoms with E-state index in [0.717, 1.165) is 13.0 Å². The number of nitrogens with zero attached hydrogens (tertiary/aromatic N) is 1. The highest BCUT2D eigenvalue weighted by molar-refractivity contribution is 4.76. The third-order valence-corrected chi connectivity index (χ3v) is 1.65. The van der Waals surface area contributed by atoms with Crippen LogP contribution in [0, 0.1) is 0 Å². The molecule has 0 aromatic heterocycles. The van der Waals surface area contributed by atoms with Gasteiger partial charge in [-0.25, -0.2) is 4.39 Å². The maximum absolute atomic E-state index is 12.4. The molecule has 0 aromatic rings. The fourth-order valence-corrected chi connectivity index (χ4v) is 0.957. The predicted molar refractivity (Wildman–Crippen MR) is 31.4 cm³/mol. The SMILES string of the molecule is CC(C)N1CC[C@@H]1F. The minimum absolute atomic E-state index is 0.388. The molecule has 0 aliphatic carbocycles. The summed E-state index contributed by atoms with van der Waals surface area (Å²) >= 11 is 0. The van der Waals surface area contributed by atoms with Crippen molar-refractivity contribution in [3.05, 3.63) is 0 Å². The number of rotatable bonds is 1. The summed E-state index contributed by atoms with van der Waals surface area (Å²) in [5, 5.41) is 0. The molecular weight excluding hydrogens is 105 g/mol. The van der Waals surface area contributed by atoms with E-state index in [1.165, 1.54) is 0 Å². The van der Waals surface area contributed by atoms with E-state index in [9.17, 15) is 4.39 Å². The number of hydrogen-bond acceptors (Lipinski definition) is 1. The first-order valence-corrected chi connectivity index (χ1v) is 3.11. The Morgan fingerprint density at radius 2 is 2.25 bits per heavy atom. The monoisotopic (exact) mass is 117 g/mol. The molecule has 1 rings (SSSR count). The fourth-order valence-electron chi connectivity index (χ4n) is 0.957. The molecule has 48 valence electrons. The van der Waals surface area contributed by atoms with Gasteiger partial charge in [-0.2, -0.15) is 0 Å². The second-order valence-corrected chi connectivity index (χ2v) is 2.55. The zero-order chi connectivity index (χ0) is 6.15. The van der Waals surface area contributed by atoms with E-state index in [4.69, 9.17) is 0 Å². The lowest BCUT2D eigenvalue weighted by Crippen LogP contribution is -2.48. The summed E-state index contributed by atoms with van der Waals surface area (Å²) in [4.78, 5) is 1.85. The quantitative estimate of drug-likeness (QED) is 0.469. The van der Waals surface area contributed by atoms with Crippen LogP contribution in [0.1, 0.15) is 20.3 Å². The fraction of sp³-hybridized carbons (Fsp3) is 1.00. The highest BCUT2D eigenvalue weighted by atomic mass is 19.1. The maximum Gasteiger partial charge on any atom is 0.155 e. The first-order valence-electron chi connectivity index (χ1n) is 3.11. The number of likely N-dealkylation sites (tertiary alicyclic amines) is 1. The molecule has 1 nitrogen and oxygen atoms in total. The molecule has 1 aliphatic rings. The number of hydrogen-bond donors (Lipinski definition) is 0. The molecule has 8 heavy (non-hydrogen) atoms. The third-order valence-electron chi connectivity index (χ3n) is 1.65. The topological polar surface area (TPSA) is 3.24 Å². The summed E-state index contributed by atoms with van der Waals surface area (Å²) < 4.78 is 12.4. The molecule has 1 heterocycles. The maximum atomic E-state index is 12.4. The predicted octanol–water partition coefficient (Wildman–Crippen LogP) is 1.40. The Bertz CT molecular complexity index is 77.8. The van der Waals surface area contributed by atoms with Gasteiger partial charge in [-0.15, -0.1) is 0 Å². The van der Waals surface area contributed by atoms with E-state index in [1.807, 2.05) is 18.7 Å². The Labute approximate surface area is 49.5 Å². The van der Waals surface area contributed by atoms with Crippen molar-refractivity contribution in [1.29, 1.82) is 0 Å². The van der Waals surface area contributed by atoms with Gasteiger partial charge >= 0.3 is 0 Å². The van der Waals surface area contributed by atoms with Crippen molar-refractivity contribution in [2.75, 3.05) is 6.54 Å². The minimum Gasteiger partial charge on any atom is -0.271 e. The molecule has 0 bridgehead atoms. The van der Waals surface area contributed by atoms with Crippen LogP contribution in [0.3, 0.4) is 0 Å². The zero-order valence-corrected chi connectivity index (χ0v) is 5.39. The van der Waals surface area contributed by atoms with Gasteiger partial charge in [0.15, 0.2) is 6.30 Å². The van der Waals surface area contributed by atoms with Crippen molar-refractivity contribution in [1.82, 2.24) is 4.90 Å². The lowest BCUT2D eigenvalue weighted by Gasteiger charge is -2.38. The van der Waals surface area contributed by atoms with Gasteiger partial charge < -0.3 is 0 Å². The van der Waals surface area contributed by atoms with Gasteiger partial charge in [0, 0.05) is 19.0 Å². The van der Waals surface area contributed by atoms with Gasteiger partial charge in [-0.3, -0.25) is 4.90 Å². The van der Waals surface area contributed by atoms with Gasteiger partial charge in [0.1, 0.15) is 0 Å². The van der Waals surface area contributed by atoms with Crippen LogP contribution in [0.5, 0.6) is 0 Å². The van der Waals surface area contributed by atoms with Gasteiger partial charge in [0.05, 0.1) is 0 Å². The first kappa shape index (κ1) is 6.02. The minimum atomic E-state index is -0.644. The average molecular weight is 117 g/mol. The second kappa shape index (κ2) is 2.02. The molecule has 1 atom stereocenters. The molecule has 1 aliphatic heterocycles. The van der Waals surface area contributed by atoms with Crippen LogP contribution in [-0.4, -0.2) is 23.8 Å².